The molecule has 78 valence electrons. The Labute approximate surface area is 88.4 Å². The van der Waals surface area contributed by atoms with E-state index in [9.17, 15) is 0 Å². The Morgan fingerprint density at radius 3 is 1.50 bits per heavy atom. The Kier molecular flexibility index (Phi) is 7.10. The smallest absolute Gasteiger partial charge is 0.0345 e. The van der Waals surface area contributed by atoms with Crippen molar-refractivity contribution in [2.24, 2.45) is 0 Å². The molecule has 0 radical (unpaired) electrons. The van der Waals surface area contributed by atoms with Crippen LogP contribution in [-0.2, 0) is 0 Å². The minimum atomic E-state index is 1.26. The zero-order valence-electron chi connectivity index (χ0n) is 9.12. The first kappa shape index (κ1) is 11.3. The van der Waals surface area contributed by atoms with E-state index in [0.29, 0.717) is 0 Å². The lowest BCUT2D eigenvalue weighted by Gasteiger charge is -1.86. The molecule has 0 atom stereocenters. The van der Waals surface area contributed by atoms with E-state index in [2.05, 4.69) is 36.5 Å². The van der Waals surface area contributed by atoms with Crippen LogP contribution in [0.25, 0.3) is 0 Å². The van der Waals surface area contributed by atoms with Gasteiger partial charge in [0.05, 0.1) is 0 Å². The maximum atomic E-state index is 2.30. The third kappa shape index (κ3) is 6.71. The highest BCUT2D eigenvalue weighted by atomic mass is 13.9. The van der Waals surface area contributed by atoms with Crippen molar-refractivity contribution in [1.82, 2.24) is 0 Å². The van der Waals surface area contributed by atoms with Gasteiger partial charge >= 0.3 is 0 Å². The molecule has 0 aromatic rings. The van der Waals surface area contributed by atoms with Crippen LogP contribution in [0.5, 0.6) is 0 Å². The molecule has 0 aliphatic heterocycles. The van der Waals surface area contributed by atoms with Crippen molar-refractivity contribution in [1.29, 1.82) is 0 Å². The van der Waals surface area contributed by atoms with Crippen molar-refractivity contribution >= 4 is 0 Å². The van der Waals surface area contributed by atoms with Crippen molar-refractivity contribution in [3.05, 3.63) is 36.5 Å². The van der Waals surface area contributed by atoms with E-state index in [1.165, 1.54) is 51.4 Å². The Balaban J connectivity index is 0.000000140. The van der Waals surface area contributed by atoms with Crippen LogP contribution in [0.3, 0.4) is 0 Å². The summed E-state index contributed by atoms with van der Waals surface area (Å²) in [7, 11) is 0. The number of hydrogen-bond donors (Lipinski definition) is 0. The van der Waals surface area contributed by atoms with Crippen LogP contribution < -0.4 is 0 Å². The second-order valence-corrected chi connectivity index (χ2v) is 3.90. The maximum Gasteiger partial charge on any atom is -0.0345 e. The van der Waals surface area contributed by atoms with E-state index >= 15 is 0 Å². The van der Waals surface area contributed by atoms with E-state index in [1.54, 1.807) is 0 Å². The summed E-state index contributed by atoms with van der Waals surface area (Å²) in [5, 5.41) is 0. The molecule has 0 fully saturated rings. The van der Waals surface area contributed by atoms with Crippen molar-refractivity contribution in [2.45, 2.75) is 51.4 Å². The third-order valence-electron chi connectivity index (χ3n) is 2.53. The highest BCUT2D eigenvalue weighted by molar-refractivity contribution is 5.04. The van der Waals surface area contributed by atoms with Gasteiger partial charge in [0, 0.05) is 0 Å². The van der Waals surface area contributed by atoms with Crippen molar-refractivity contribution in [2.75, 3.05) is 0 Å². The zero-order chi connectivity index (χ0) is 9.90. The Hall–Kier alpha value is -0.780. The van der Waals surface area contributed by atoms with Crippen LogP contribution in [-0.4, -0.2) is 0 Å². The Bertz CT molecular complexity index is 176. The molecule has 0 aromatic carbocycles. The second-order valence-electron chi connectivity index (χ2n) is 3.90. The third-order valence-corrected chi connectivity index (χ3v) is 2.53. The van der Waals surface area contributed by atoms with E-state index in [-0.39, 0.29) is 0 Å². The van der Waals surface area contributed by atoms with Crippen LogP contribution in [0.15, 0.2) is 36.5 Å². The lowest BCUT2D eigenvalue weighted by Crippen LogP contribution is -1.67. The molecule has 0 saturated heterocycles. The molecule has 0 N–H and O–H groups in total. The summed E-state index contributed by atoms with van der Waals surface area (Å²) in [6.45, 7) is 0. The molecule has 0 heterocycles. The van der Waals surface area contributed by atoms with E-state index in [4.69, 9.17) is 0 Å². The molecule has 2 rings (SSSR count). The number of allylic oxidation sites excluding steroid dienone is 6. The SMILES string of the molecule is C1=CCCCC=C1.C1=CCCCCC1. The summed E-state index contributed by atoms with van der Waals surface area (Å²) >= 11 is 0. The normalized spacial score (nSPS) is 20.6. The van der Waals surface area contributed by atoms with Crippen molar-refractivity contribution in [3.63, 3.8) is 0 Å². The first-order chi connectivity index (χ1) is 7.00. The molecule has 0 amide bonds. The number of hydrogen-bond acceptors (Lipinski definition) is 0. The Morgan fingerprint density at radius 2 is 0.929 bits per heavy atom. The van der Waals surface area contributed by atoms with Gasteiger partial charge in [-0.15, -0.1) is 0 Å². The molecule has 0 unspecified atom stereocenters. The maximum absolute atomic E-state index is 2.30. The fraction of sp³-hybridized carbons (Fsp3) is 0.571. The van der Waals surface area contributed by atoms with Gasteiger partial charge in [0.1, 0.15) is 0 Å². The van der Waals surface area contributed by atoms with Gasteiger partial charge in [0.2, 0.25) is 0 Å². The summed E-state index contributed by atoms with van der Waals surface area (Å²) in [4.78, 5) is 0. The topological polar surface area (TPSA) is 0 Å². The molecule has 0 aromatic heterocycles. The van der Waals surface area contributed by atoms with Gasteiger partial charge in [-0.3, -0.25) is 0 Å². The molecule has 0 spiro atoms. The fourth-order valence-corrected chi connectivity index (χ4v) is 1.64. The molecular weight excluding hydrogens is 168 g/mol. The standard InChI is InChI=1S/C7H12.C7H10/c2*1-2-4-6-7-5-3-1/h1-2H,3-7H2;1-4H,5-7H2. The van der Waals surface area contributed by atoms with Crippen LogP contribution in [0, 0.1) is 0 Å². The molecule has 2 aliphatic rings. The average Bonchev–Trinajstić information content (AvgIpc) is 2.68. The lowest BCUT2D eigenvalue weighted by atomic mass is 10.2. The minimum absolute atomic E-state index is 1.26. The Morgan fingerprint density at radius 1 is 0.429 bits per heavy atom. The highest BCUT2D eigenvalue weighted by Gasteiger charge is 1.88. The van der Waals surface area contributed by atoms with Crippen LogP contribution in [0.1, 0.15) is 51.4 Å². The average molecular weight is 190 g/mol. The molecule has 0 saturated carbocycles. The van der Waals surface area contributed by atoms with Gasteiger partial charge in [0.15, 0.2) is 0 Å². The van der Waals surface area contributed by atoms with Crippen LogP contribution in [0.4, 0.5) is 0 Å². The first-order valence-corrected chi connectivity index (χ1v) is 5.97. The fourth-order valence-electron chi connectivity index (χ4n) is 1.64. The van der Waals surface area contributed by atoms with Crippen LogP contribution >= 0.6 is 0 Å². The van der Waals surface area contributed by atoms with Crippen molar-refractivity contribution in [3.8, 4) is 0 Å². The molecule has 0 heteroatoms. The lowest BCUT2D eigenvalue weighted by molar-refractivity contribution is 0.718. The molecule has 0 bridgehead atoms. The molecule has 0 nitrogen and oxygen atoms in total. The predicted molar refractivity (Wildman–Crippen MR) is 64.4 cm³/mol. The molecule has 2 aliphatic carbocycles. The van der Waals surface area contributed by atoms with Crippen LogP contribution in [0.2, 0.25) is 0 Å². The van der Waals surface area contributed by atoms with E-state index in [0.717, 1.165) is 0 Å². The number of rotatable bonds is 0. The quantitative estimate of drug-likeness (QED) is 0.482. The zero-order valence-corrected chi connectivity index (χ0v) is 9.12. The van der Waals surface area contributed by atoms with Gasteiger partial charge in [-0.05, 0) is 44.9 Å². The first-order valence-electron chi connectivity index (χ1n) is 5.97. The summed E-state index contributed by atoms with van der Waals surface area (Å²) in [6.07, 6.45) is 24.0. The summed E-state index contributed by atoms with van der Waals surface area (Å²) < 4.78 is 0. The van der Waals surface area contributed by atoms with Gasteiger partial charge in [-0.2, -0.15) is 0 Å². The predicted octanol–water partition coefficient (Wildman–Crippen LogP) is 4.79. The molecular formula is C14H22. The highest BCUT2D eigenvalue weighted by Crippen LogP contribution is 2.08. The minimum Gasteiger partial charge on any atom is -0.0885 e. The summed E-state index contributed by atoms with van der Waals surface area (Å²) in [6, 6.07) is 0. The van der Waals surface area contributed by atoms with Gasteiger partial charge in [0.25, 0.3) is 0 Å². The van der Waals surface area contributed by atoms with E-state index in [1.807, 2.05) is 0 Å². The molecule has 14 heavy (non-hydrogen) atoms. The van der Waals surface area contributed by atoms with Crippen molar-refractivity contribution < 1.29 is 0 Å². The van der Waals surface area contributed by atoms with Gasteiger partial charge < -0.3 is 0 Å². The largest absolute Gasteiger partial charge is 0.0885 e. The monoisotopic (exact) mass is 190 g/mol. The summed E-state index contributed by atoms with van der Waals surface area (Å²) in [5.74, 6) is 0. The van der Waals surface area contributed by atoms with E-state index < -0.39 is 0 Å². The van der Waals surface area contributed by atoms with Gasteiger partial charge in [-0.1, -0.05) is 42.9 Å². The summed E-state index contributed by atoms with van der Waals surface area (Å²) in [5.41, 5.74) is 0. The second kappa shape index (κ2) is 8.80. The van der Waals surface area contributed by atoms with Gasteiger partial charge in [-0.25, -0.2) is 0 Å².